The number of phenols is 1. The first-order valence-electron chi connectivity index (χ1n) is 9.97. The maximum Gasteiger partial charge on any atom is 0.253 e. The number of likely N-dealkylation sites (N-methyl/N-ethyl adjacent to an activating group) is 1. The topological polar surface area (TPSA) is 81.7 Å². The minimum absolute atomic E-state index is 0.0860. The molecule has 0 aliphatic heterocycles. The molecular weight excluding hydrogens is 398 g/mol. The highest BCUT2D eigenvalue weighted by molar-refractivity contribution is 7.07. The van der Waals surface area contributed by atoms with Crippen LogP contribution in [0.25, 0.3) is 0 Å². The molecule has 1 aromatic heterocycles. The normalized spacial score (nSPS) is 13.0. The number of benzene rings is 1. The SMILES string of the molecule is CN(C)[C@H](CNc1c(NC(C)(C)Cc2ccsc2)c(=O)c1=O)Cc1cccc(O)c1. The largest absolute Gasteiger partial charge is 0.508 e. The molecule has 0 aliphatic rings. The Morgan fingerprint density at radius 2 is 1.83 bits per heavy atom. The number of anilines is 2. The van der Waals surface area contributed by atoms with Gasteiger partial charge in [0.05, 0.1) is 0 Å². The molecule has 0 bridgehead atoms. The molecule has 0 saturated heterocycles. The molecule has 0 unspecified atom stereocenters. The number of nitrogens with zero attached hydrogens (tertiary/aromatic N) is 1. The lowest BCUT2D eigenvalue weighted by Gasteiger charge is -2.30. The van der Waals surface area contributed by atoms with E-state index in [0.717, 1.165) is 12.0 Å². The standard InChI is InChI=1S/C23H29N3O3S/c1-23(2,12-16-8-9-30-14-16)25-20-19(21(28)22(20)29)24-13-17(26(3)4)10-15-6-5-7-18(27)11-15/h5-9,11,14,17,24-25,27H,10,12-13H2,1-4H3/t17-/m0/s1. The molecule has 7 heteroatoms. The molecular formula is C23H29N3O3S. The van der Waals surface area contributed by atoms with Crippen LogP contribution in [0, 0.1) is 0 Å². The van der Waals surface area contributed by atoms with Crippen LogP contribution >= 0.6 is 11.3 Å². The summed E-state index contributed by atoms with van der Waals surface area (Å²) in [5.41, 5.74) is 1.64. The third-order valence-electron chi connectivity index (χ3n) is 5.23. The second-order valence-electron chi connectivity index (χ2n) is 8.60. The summed E-state index contributed by atoms with van der Waals surface area (Å²) in [5.74, 6) is 0.236. The summed E-state index contributed by atoms with van der Waals surface area (Å²) < 4.78 is 0. The van der Waals surface area contributed by atoms with Gasteiger partial charge >= 0.3 is 0 Å². The highest BCUT2D eigenvalue weighted by atomic mass is 32.1. The molecule has 1 heterocycles. The molecule has 160 valence electrons. The third-order valence-corrected chi connectivity index (χ3v) is 5.96. The summed E-state index contributed by atoms with van der Waals surface area (Å²) in [6, 6.07) is 9.33. The lowest BCUT2D eigenvalue weighted by Crippen LogP contribution is -2.45. The minimum Gasteiger partial charge on any atom is -0.508 e. The molecule has 0 radical (unpaired) electrons. The van der Waals surface area contributed by atoms with Crippen LogP contribution in [0.5, 0.6) is 5.75 Å². The van der Waals surface area contributed by atoms with Crippen LogP contribution in [0.15, 0.2) is 50.7 Å². The molecule has 3 rings (SSSR count). The van der Waals surface area contributed by atoms with Crippen LogP contribution < -0.4 is 21.5 Å². The van der Waals surface area contributed by atoms with E-state index in [2.05, 4.69) is 27.0 Å². The van der Waals surface area contributed by atoms with Crippen molar-refractivity contribution in [3.63, 3.8) is 0 Å². The predicted octanol–water partition coefficient (Wildman–Crippen LogP) is 3.07. The predicted molar refractivity (Wildman–Crippen MR) is 125 cm³/mol. The summed E-state index contributed by atoms with van der Waals surface area (Å²) in [4.78, 5) is 26.5. The first-order valence-corrected chi connectivity index (χ1v) is 10.9. The zero-order valence-corrected chi connectivity index (χ0v) is 18.7. The van der Waals surface area contributed by atoms with Gasteiger partial charge in [0.2, 0.25) is 0 Å². The number of nitrogens with one attached hydrogen (secondary N) is 2. The maximum absolute atomic E-state index is 12.2. The molecule has 3 aromatic rings. The van der Waals surface area contributed by atoms with Crippen molar-refractivity contribution in [1.82, 2.24) is 4.90 Å². The van der Waals surface area contributed by atoms with Crippen molar-refractivity contribution in [2.75, 3.05) is 31.3 Å². The van der Waals surface area contributed by atoms with E-state index in [0.29, 0.717) is 24.3 Å². The fraction of sp³-hybridized carbons (Fsp3) is 0.391. The monoisotopic (exact) mass is 427 g/mol. The van der Waals surface area contributed by atoms with Crippen LogP contribution in [0.4, 0.5) is 11.4 Å². The van der Waals surface area contributed by atoms with Crippen molar-refractivity contribution in [3.8, 4) is 5.75 Å². The van der Waals surface area contributed by atoms with Crippen molar-refractivity contribution in [3.05, 3.63) is 72.7 Å². The van der Waals surface area contributed by atoms with E-state index in [4.69, 9.17) is 0 Å². The van der Waals surface area contributed by atoms with E-state index in [1.165, 1.54) is 5.56 Å². The minimum atomic E-state index is -0.473. The summed E-state index contributed by atoms with van der Waals surface area (Å²) in [5, 5.41) is 20.3. The number of hydrogen-bond acceptors (Lipinski definition) is 7. The van der Waals surface area contributed by atoms with Crippen LogP contribution in [0.3, 0.4) is 0 Å². The molecule has 6 nitrogen and oxygen atoms in total. The zero-order chi connectivity index (χ0) is 21.9. The molecule has 3 N–H and O–H groups in total. The zero-order valence-electron chi connectivity index (χ0n) is 17.9. The molecule has 0 saturated carbocycles. The number of thiophene rings is 1. The summed E-state index contributed by atoms with van der Waals surface area (Å²) >= 11 is 1.64. The van der Waals surface area contributed by atoms with Crippen molar-refractivity contribution >= 4 is 22.7 Å². The molecule has 0 spiro atoms. The molecule has 2 aromatic carbocycles. The Kier molecular flexibility index (Phi) is 6.63. The molecule has 1 atom stereocenters. The van der Waals surface area contributed by atoms with Gasteiger partial charge in [-0.25, -0.2) is 0 Å². The number of rotatable bonds is 10. The van der Waals surface area contributed by atoms with Gasteiger partial charge in [-0.15, -0.1) is 0 Å². The number of aromatic hydroxyl groups is 1. The van der Waals surface area contributed by atoms with E-state index in [-0.39, 0.29) is 17.3 Å². The second-order valence-corrected chi connectivity index (χ2v) is 9.38. The van der Waals surface area contributed by atoms with Gasteiger partial charge in [0.15, 0.2) is 0 Å². The van der Waals surface area contributed by atoms with E-state index < -0.39 is 10.9 Å². The van der Waals surface area contributed by atoms with E-state index in [1.807, 2.05) is 45.5 Å². The van der Waals surface area contributed by atoms with Gasteiger partial charge in [0, 0.05) is 18.1 Å². The number of hydrogen-bond donors (Lipinski definition) is 3. The van der Waals surface area contributed by atoms with E-state index >= 15 is 0 Å². The first-order chi connectivity index (χ1) is 14.2. The Morgan fingerprint density at radius 3 is 2.47 bits per heavy atom. The van der Waals surface area contributed by atoms with Gasteiger partial charge < -0.3 is 20.6 Å². The second kappa shape index (κ2) is 9.02. The number of phenolic OH excluding ortho intramolecular Hbond substituents is 1. The highest BCUT2D eigenvalue weighted by Crippen LogP contribution is 2.24. The lowest BCUT2D eigenvalue weighted by molar-refractivity contribution is 0.303. The Labute approximate surface area is 180 Å². The third kappa shape index (κ3) is 5.29. The summed E-state index contributed by atoms with van der Waals surface area (Å²) in [6.45, 7) is 4.55. The molecule has 0 amide bonds. The van der Waals surface area contributed by atoms with Crippen LogP contribution in [-0.2, 0) is 12.8 Å². The smallest absolute Gasteiger partial charge is 0.253 e. The fourth-order valence-corrected chi connectivity index (χ4v) is 4.25. The first kappa shape index (κ1) is 22.1. The Morgan fingerprint density at radius 1 is 1.10 bits per heavy atom. The molecule has 30 heavy (non-hydrogen) atoms. The Bertz CT molecular complexity index is 1050. The van der Waals surface area contributed by atoms with Gasteiger partial charge in [-0.05, 0) is 80.9 Å². The van der Waals surface area contributed by atoms with Gasteiger partial charge in [0.1, 0.15) is 17.1 Å². The fourth-order valence-electron chi connectivity index (χ4n) is 3.58. The Balaban J connectivity index is 1.68. The van der Waals surface area contributed by atoms with Gasteiger partial charge in [-0.2, -0.15) is 11.3 Å². The van der Waals surface area contributed by atoms with Crippen LogP contribution in [0.1, 0.15) is 25.0 Å². The van der Waals surface area contributed by atoms with Crippen molar-refractivity contribution < 1.29 is 5.11 Å². The average molecular weight is 428 g/mol. The van der Waals surface area contributed by atoms with Crippen LogP contribution in [0.2, 0.25) is 0 Å². The van der Waals surface area contributed by atoms with E-state index in [1.54, 1.807) is 23.5 Å². The van der Waals surface area contributed by atoms with Gasteiger partial charge in [-0.3, -0.25) is 9.59 Å². The molecule has 0 aliphatic carbocycles. The van der Waals surface area contributed by atoms with Gasteiger partial charge in [0.25, 0.3) is 10.9 Å². The Hall–Kier alpha value is -2.64. The quantitative estimate of drug-likeness (QED) is 0.432. The van der Waals surface area contributed by atoms with Crippen molar-refractivity contribution in [2.45, 2.75) is 38.3 Å². The van der Waals surface area contributed by atoms with Crippen LogP contribution in [-0.4, -0.2) is 42.2 Å². The van der Waals surface area contributed by atoms with Crippen molar-refractivity contribution in [2.24, 2.45) is 0 Å². The average Bonchev–Trinajstić information content (AvgIpc) is 3.18. The lowest BCUT2D eigenvalue weighted by atomic mass is 9.95. The summed E-state index contributed by atoms with van der Waals surface area (Å²) in [6.07, 6.45) is 1.46. The van der Waals surface area contributed by atoms with Gasteiger partial charge in [-0.1, -0.05) is 12.1 Å². The van der Waals surface area contributed by atoms with Crippen molar-refractivity contribution in [1.29, 1.82) is 0 Å². The maximum atomic E-state index is 12.2. The highest BCUT2D eigenvalue weighted by Gasteiger charge is 2.28. The van der Waals surface area contributed by atoms with E-state index in [9.17, 15) is 14.7 Å². The summed E-state index contributed by atoms with van der Waals surface area (Å²) in [7, 11) is 3.95. The molecule has 0 fully saturated rings.